The van der Waals surface area contributed by atoms with Gasteiger partial charge in [0.05, 0.1) is 22.3 Å². The number of anilines is 1. The first-order valence-corrected chi connectivity index (χ1v) is 7.56. The number of nitrogens with zero attached hydrogens (tertiary/aromatic N) is 2. The van der Waals surface area contributed by atoms with Gasteiger partial charge in [-0.3, -0.25) is 4.79 Å². The van der Waals surface area contributed by atoms with Crippen molar-refractivity contribution in [3.63, 3.8) is 0 Å². The monoisotopic (exact) mass is 311 g/mol. The van der Waals surface area contributed by atoms with Gasteiger partial charge in [-0.05, 0) is 33.8 Å². The molecule has 1 aliphatic heterocycles. The number of hydrogen-bond acceptors (Lipinski definition) is 4. The zero-order valence-electron chi connectivity index (χ0n) is 12.9. The fourth-order valence-corrected chi connectivity index (χ4v) is 2.88. The van der Waals surface area contributed by atoms with Crippen LogP contribution in [0.25, 0.3) is 0 Å². The average Bonchev–Trinajstić information content (AvgIpc) is 2.38. The second-order valence-corrected chi connectivity index (χ2v) is 6.37. The predicted molar refractivity (Wildman–Crippen MR) is 83.9 cm³/mol. The molecule has 1 amide bonds. The molecule has 1 fully saturated rings. The number of carbonyl (C=O) groups excluding carboxylic acids is 1. The summed E-state index contributed by atoms with van der Waals surface area (Å²) in [5.41, 5.74) is 0.167. The first-order chi connectivity index (χ1) is 9.82. The van der Waals surface area contributed by atoms with Gasteiger partial charge in [0.2, 0.25) is 0 Å². The maximum atomic E-state index is 12.6. The van der Waals surface area contributed by atoms with Crippen LogP contribution in [-0.4, -0.2) is 47.1 Å². The molecule has 1 atom stereocenters. The number of ether oxygens (including phenoxy) is 1. The molecule has 5 nitrogen and oxygen atoms in total. The second-order valence-electron chi connectivity index (χ2n) is 5.96. The smallest absolute Gasteiger partial charge is 0.255 e. The zero-order valence-corrected chi connectivity index (χ0v) is 13.7. The largest absolute Gasteiger partial charge is 0.369 e. The van der Waals surface area contributed by atoms with E-state index in [9.17, 15) is 4.79 Å². The number of pyridine rings is 1. The maximum Gasteiger partial charge on any atom is 0.255 e. The summed E-state index contributed by atoms with van der Waals surface area (Å²) in [7, 11) is 0. The van der Waals surface area contributed by atoms with Gasteiger partial charge in [0, 0.05) is 25.8 Å². The Morgan fingerprint density at radius 1 is 1.62 bits per heavy atom. The van der Waals surface area contributed by atoms with Crippen molar-refractivity contribution in [3.05, 3.63) is 22.8 Å². The van der Waals surface area contributed by atoms with Gasteiger partial charge in [-0.2, -0.15) is 0 Å². The summed E-state index contributed by atoms with van der Waals surface area (Å²) in [5.74, 6) is 0.544. The molecule has 1 N–H and O–H groups in total. The summed E-state index contributed by atoms with van der Waals surface area (Å²) in [6.45, 7) is 9.78. The standard InChI is InChI=1S/C15H22ClN3O2/c1-5-17-13-12(16)6-11(7-18-13)14(20)19-8-10(2)21-15(3,4)9-19/h6-7,10H,5,8-9H2,1-4H3,(H,17,18). The topological polar surface area (TPSA) is 54.5 Å². The molecule has 2 heterocycles. The molecule has 1 saturated heterocycles. The van der Waals surface area contributed by atoms with Crippen LogP contribution in [-0.2, 0) is 4.74 Å². The first-order valence-electron chi connectivity index (χ1n) is 7.19. The normalized spacial score (nSPS) is 21.2. The average molecular weight is 312 g/mol. The molecular weight excluding hydrogens is 290 g/mol. The van der Waals surface area contributed by atoms with Crippen LogP contribution in [0, 0.1) is 0 Å². The van der Waals surface area contributed by atoms with E-state index in [0.29, 0.717) is 29.5 Å². The fourth-order valence-electron chi connectivity index (χ4n) is 2.64. The lowest BCUT2D eigenvalue weighted by Crippen LogP contribution is -2.53. The molecule has 6 heteroatoms. The molecule has 0 aromatic carbocycles. The van der Waals surface area contributed by atoms with Crippen LogP contribution in [0.15, 0.2) is 12.3 Å². The molecule has 1 aliphatic rings. The third-order valence-electron chi connectivity index (χ3n) is 3.29. The second kappa shape index (κ2) is 6.20. The summed E-state index contributed by atoms with van der Waals surface area (Å²) in [6, 6.07) is 1.67. The molecule has 0 aliphatic carbocycles. The summed E-state index contributed by atoms with van der Waals surface area (Å²) in [5, 5.41) is 3.52. The highest BCUT2D eigenvalue weighted by Crippen LogP contribution is 2.24. The van der Waals surface area contributed by atoms with E-state index in [-0.39, 0.29) is 17.6 Å². The van der Waals surface area contributed by atoms with E-state index in [0.717, 1.165) is 6.54 Å². The van der Waals surface area contributed by atoms with Crippen molar-refractivity contribution in [1.29, 1.82) is 0 Å². The SMILES string of the molecule is CCNc1ncc(C(=O)N2CC(C)OC(C)(C)C2)cc1Cl. The number of aromatic nitrogens is 1. The first kappa shape index (κ1) is 16.0. The van der Waals surface area contributed by atoms with Gasteiger partial charge in [0.1, 0.15) is 5.82 Å². The van der Waals surface area contributed by atoms with Crippen molar-refractivity contribution in [2.24, 2.45) is 0 Å². The summed E-state index contributed by atoms with van der Waals surface area (Å²) >= 11 is 6.16. The molecule has 2 rings (SSSR count). The minimum absolute atomic E-state index is 0.0159. The Morgan fingerprint density at radius 2 is 2.33 bits per heavy atom. The van der Waals surface area contributed by atoms with Crippen LogP contribution in [0.5, 0.6) is 0 Å². The minimum atomic E-state index is -0.339. The van der Waals surface area contributed by atoms with Crippen molar-refractivity contribution in [3.8, 4) is 0 Å². The van der Waals surface area contributed by atoms with E-state index >= 15 is 0 Å². The molecule has 0 radical (unpaired) electrons. The van der Waals surface area contributed by atoms with E-state index in [1.54, 1.807) is 17.2 Å². The van der Waals surface area contributed by atoms with E-state index in [4.69, 9.17) is 16.3 Å². The highest BCUT2D eigenvalue weighted by molar-refractivity contribution is 6.33. The molecule has 1 unspecified atom stereocenters. The van der Waals surface area contributed by atoms with E-state index in [1.807, 2.05) is 27.7 Å². The zero-order chi connectivity index (χ0) is 15.6. The van der Waals surface area contributed by atoms with Gasteiger partial charge in [0.15, 0.2) is 0 Å². The van der Waals surface area contributed by atoms with Crippen molar-refractivity contribution in [1.82, 2.24) is 9.88 Å². The number of rotatable bonds is 3. The molecule has 1 aromatic rings. The van der Waals surface area contributed by atoms with E-state index in [1.165, 1.54) is 0 Å². The number of halogens is 1. The highest BCUT2D eigenvalue weighted by Gasteiger charge is 2.34. The Morgan fingerprint density at radius 3 is 2.90 bits per heavy atom. The van der Waals surface area contributed by atoms with Crippen LogP contribution in [0.1, 0.15) is 38.1 Å². The lowest BCUT2D eigenvalue weighted by atomic mass is 10.0. The number of morpholine rings is 1. The van der Waals surface area contributed by atoms with Crippen LogP contribution in [0.3, 0.4) is 0 Å². The van der Waals surface area contributed by atoms with Crippen LogP contribution < -0.4 is 5.32 Å². The lowest BCUT2D eigenvalue weighted by Gasteiger charge is -2.41. The van der Waals surface area contributed by atoms with E-state index < -0.39 is 0 Å². The van der Waals surface area contributed by atoms with Gasteiger partial charge in [-0.15, -0.1) is 0 Å². The van der Waals surface area contributed by atoms with Crippen molar-refractivity contribution in [2.75, 3.05) is 25.0 Å². The molecular formula is C15H22ClN3O2. The Labute approximate surface area is 130 Å². The summed E-state index contributed by atoms with van der Waals surface area (Å²) < 4.78 is 5.82. The van der Waals surface area contributed by atoms with Gasteiger partial charge in [-0.25, -0.2) is 4.98 Å². The van der Waals surface area contributed by atoms with Gasteiger partial charge >= 0.3 is 0 Å². The quantitative estimate of drug-likeness (QED) is 0.932. The van der Waals surface area contributed by atoms with Gasteiger partial charge < -0.3 is 15.0 Å². The highest BCUT2D eigenvalue weighted by atomic mass is 35.5. The number of amides is 1. The molecule has 0 spiro atoms. The Hall–Kier alpha value is -1.33. The predicted octanol–water partition coefficient (Wildman–Crippen LogP) is 2.81. The lowest BCUT2D eigenvalue weighted by molar-refractivity contribution is -0.118. The number of nitrogens with one attached hydrogen (secondary N) is 1. The van der Waals surface area contributed by atoms with Crippen molar-refractivity contribution >= 4 is 23.3 Å². The molecule has 1 aromatic heterocycles. The third-order valence-corrected chi connectivity index (χ3v) is 3.58. The summed E-state index contributed by atoms with van der Waals surface area (Å²) in [6.07, 6.45) is 1.58. The Bertz CT molecular complexity index is 534. The van der Waals surface area contributed by atoms with Crippen LogP contribution >= 0.6 is 11.6 Å². The van der Waals surface area contributed by atoms with Crippen LogP contribution in [0.4, 0.5) is 5.82 Å². The van der Waals surface area contributed by atoms with Gasteiger partial charge in [-0.1, -0.05) is 11.6 Å². The number of carbonyl (C=O) groups is 1. The van der Waals surface area contributed by atoms with Crippen LogP contribution in [0.2, 0.25) is 5.02 Å². The molecule has 0 bridgehead atoms. The minimum Gasteiger partial charge on any atom is -0.369 e. The third kappa shape index (κ3) is 3.86. The molecule has 116 valence electrons. The Kier molecular flexibility index (Phi) is 4.74. The molecule has 21 heavy (non-hydrogen) atoms. The van der Waals surface area contributed by atoms with Crippen molar-refractivity contribution < 1.29 is 9.53 Å². The molecule has 0 saturated carbocycles. The fraction of sp³-hybridized carbons (Fsp3) is 0.600. The number of hydrogen-bond donors (Lipinski definition) is 1. The van der Waals surface area contributed by atoms with Crippen molar-refractivity contribution in [2.45, 2.75) is 39.4 Å². The Balaban J connectivity index is 2.18. The van der Waals surface area contributed by atoms with E-state index in [2.05, 4.69) is 10.3 Å². The summed E-state index contributed by atoms with van der Waals surface area (Å²) in [4.78, 5) is 18.6. The maximum absolute atomic E-state index is 12.6. The van der Waals surface area contributed by atoms with Gasteiger partial charge in [0.25, 0.3) is 5.91 Å².